The Morgan fingerprint density at radius 3 is 1.14 bits per heavy atom. The van der Waals surface area contributed by atoms with Gasteiger partial charge in [-0.2, -0.15) is 0 Å². The normalized spacial score (nSPS) is 34.0. The minimum absolute atomic E-state index is 0. The molecule has 13 heteroatoms. The molecule has 594 valence electrons. The number of carbonyl (C=O) groups is 2. The number of benzene rings is 4. The number of aromatic hydroxyl groups is 1. The molecule has 0 aromatic heterocycles. The number of aryl methyl sites for hydroxylation is 4. The second kappa shape index (κ2) is 32.8. The number of carbonyl (C=O) groups excluding carboxylic acids is 2. The monoisotopic (exact) mass is 1670 g/mol. The first-order chi connectivity index (χ1) is 50.1. The number of aliphatic hydroxyl groups is 1. The third kappa shape index (κ3) is 16.3. The van der Waals surface area contributed by atoms with Gasteiger partial charge in [0.15, 0.2) is 0 Å². The van der Waals surface area contributed by atoms with Gasteiger partial charge in [0.2, 0.25) is 25.0 Å². The maximum absolute atomic E-state index is 12.5. The Morgan fingerprint density at radius 2 is 0.780 bits per heavy atom. The van der Waals surface area contributed by atoms with Crippen LogP contribution in [0.5, 0.6) is 23.0 Å². The quantitative estimate of drug-likeness (QED) is 0.0784. The van der Waals surface area contributed by atoms with Crippen molar-refractivity contribution >= 4 is 75.5 Å². The number of phenols is 1. The van der Waals surface area contributed by atoms with Crippen molar-refractivity contribution in [1.82, 2.24) is 0 Å². The van der Waals surface area contributed by atoms with E-state index in [4.69, 9.17) is 13.3 Å². The predicted molar refractivity (Wildman–Crippen MR) is 462 cm³/mol. The number of allylic oxidation sites excluding steroid dienone is 2. The van der Waals surface area contributed by atoms with Crippen molar-refractivity contribution in [2.45, 2.75) is 328 Å². The molecule has 0 bridgehead atoms. The van der Waals surface area contributed by atoms with Crippen molar-refractivity contribution in [2.24, 2.45) is 69.0 Å². The van der Waals surface area contributed by atoms with Gasteiger partial charge in [0.25, 0.3) is 0 Å². The van der Waals surface area contributed by atoms with E-state index < -0.39 is 30.6 Å². The van der Waals surface area contributed by atoms with E-state index in [9.17, 15) is 19.8 Å². The Hall–Kier alpha value is -3.02. The fraction of sp³-hybridized carbons (Fsp3) is 0.667. The van der Waals surface area contributed by atoms with Crippen molar-refractivity contribution in [1.29, 1.82) is 0 Å². The molecular formula is C96H140Br2MgO7Si3. The van der Waals surface area contributed by atoms with E-state index in [1.165, 1.54) is 92.9 Å². The first kappa shape index (κ1) is 88.3. The smallest absolute Gasteiger partial charge is 1.00 e. The molecule has 0 aliphatic heterocycles. The SMILES string of the molecule is C=C[C@]1(O)CCC2C3CCc4cc(O[Si](C)(C)C(C)(C)C)ccc4C3CCC21C.CC12CCC3c4ccc(O)cc4CCC3C1CCC2=O.CC12CCC3c4ccc(O[Si](C)(C)C(C)(C)C)cc4CCC3C1CC/C2=C\CBr.CC12CCC3c4ccc(O[Si](C)(C)C(C)(C)C)cc4CCC3C1CCC2=O.[Br-].[CH-]=C.[Mg+2]. The van der Waals surface area contributed by atoms with Gasteiger partial charge in [-0.25, -0.2) is 0 Å². The summed E-state index contributed by atoms with van der Waals surface area (Å²) in [5.41, 5.74) is 13.6. The van der Waals surface area contributed by atoms with Crippen LogP contribution >= 0.6 is 15.9 Å². The van der Waals surface area contributed by atoms with Gasteiger partial charge >= 0.3 is 23.1 Å². The maximum atomic E-state index is 12.5. The maximum Gasteiger partial charge on any atom is 2.00 e. The van der Waals surface area contributed by atoms with E-state index in [1.807, 2.05) is 18.2 Å². The van der Waals surface area contributed by atoms with Gasteiger partial charge in [-0.15, -0.1) is 6.58 Å². The average Bonchev–Trinajstić information content (AvgIpc) is 1.59. The van der Waals surface area contributed by atoms with Crippen LogP contribution < -0.4 is 30.3 Å². The van der Waals surface area contributed by atoms with E-state index >= 15 is 0 Å². The van der Waals surface area contributed by atoms with Crippen molar-refractivity contribution < 1.29 is 50.1 Å². The third-order valence-electron chi connectivity index (χ3n) is 33.5. The molecule has 7 nitrogen and oxygen atoms in total. The molecule has 8 saturated carbocycles. The Balaban J connectivity index is 0.000000154. The van der Waals surface area contributed by atoms with Gasteiger partial charge in [0.1, 0.15) is 34.6 Å². The van der Waals surface area contributed by atoms with E-state index in [2.05, 4.69) is 232 Å². The number of Topliss-reactive ketones (excluding diaryl/α,β-unsaturated/α-hetero) is 2. The molecule has 0 amide bonds. The molecule has 16 unspecified atom stereocenters. The molecule has 17 atom stereocenters. The molecule has 0 radical (unpaired) electrons. The van der Waals surface area contributed by atoms with E-state index in [0.717, 1.165) is 124 Å². The minimum Gasteiger partial charge on any atom is -1.00 e. The molecule has 4 aromatic rings. The summed E-state index contributed by atoms with van der Waals surface area (Å²) >= 11 is 3.64. The summed E-state index contributed by atoms with van der Waals surface area (Å²) in [6.07, 6.45) is 32.0. The van der Waals surface area contributed by atoms with E-state index in [1.54, 1.807) is 27.8 Å². The van der Waals surface area contributed by atoms with E-state index in [0.29, 0.717) is 76.0 Å². The Kier molecular flexibility index (Phi) is 26.6. The molecule has 8 fully saturated rings. The Bertz CT molecular complexity index is 3990. The zero-order valence-corrected chi connectivity index (χ0v) is 78.7. The zero-order chi connectivity index (χ0) is 77.8. The molecular weight excluding hydrogens is 1530 g/mol. The number of alkyl halides is 1. The van der Waals surface area contributed by atoms with Crippen molar-refractivity contribution in [3.8, 4) is 23.0 Å². The third-order valence-corrected chi connectivity index (χ3v) is 46.9. The van der Waals surface area contributed by atoms with Gasteiger partial charge in [-0.1, -0.05) is 148 Å². The summed E-state index contributed by atoms with van der Waals surface area (Å²) < 4.78 is 19.8. The summed E-state index contributed by atoms with van der Waals surface area (Å²) in [6.45, 7) is 55.1. The molecule has 2 N–H and O–H groups in total. The molecule has 0 spiro atoms. The summed E-state index contributed by atoms with van der Waals surface area (Å²) in [5, 5.41) is 22.6. The molecule has 12 aliphatic carbocycles. The molecule has 109 heavy (non-hydrogen) atoms. The summed E-state index contributed by atoms with van der Waals surface area (Å²) in [7, 11) is -5.39. The van der Waals surface area contributed by atoms with Crippen LogP contribution in [0.2, 0.25) is 54.4 Å². The molecule has 12 aliphatic rings. The largest absolute Gasteiger partial charge is 2.00 e. The number of fused-ring (bicyclic) bond motifs is 20. The summed E-state index contributed by atoms with van der Waals surface area (Å²) in [5.74, 6) is 13.0. The van der Waals surface area contributed by atoms with Gasteiger partial charge in [0, 0.05) is 34.4 Å². The fourth-order valence-electron chi connectivity index (χ4n) is 24.0. The van der Waals surface area contributed by atoms with Crippen LogP contribution in [0, 0.1) is 75.6 Å². The van der Waals surface area contributed by atoms with E-state index in [-0.39, 0.29) is 71.4 Å². The van der Waals surface area contributed by atoms with Crippen LogP contribution in [0.1, 0.15) is 287 Å². The average molecular weight is 1670 g/mol. The van der Waals surface area contributed by atoms with Gasteiger partial charge in [-0.05, 0) is 365 Å². The molecule has 0 heterocycles. The summed E-state index contributed by atoms with van der Waals surface area (Å²) in [4.78, 5) is 24.8. The number of phenolic OH excluding ortho intramolecular Hbond substituents is 1. The number of halogens is 2. The fourth-order valence-corrected chi connectivity index (χ4v) is 27.4. The zero-order valence-electron chi connectivity index (χ0n) is 71.1. The van der Waals surface area contributed by atoms with Crippen LogP contribution in [-0.4, -0.2) is 80.7 Å². The second-order valence-corrected chi connectivity index (χ2v) is 56.4. The van der Waals surface area contributed by atoms with Crippen molar-refractivity contribution in [3.05, 3.63) is 155 Å². The first-order valence-corrected chi connectivity index (χ1v) is 52.3. The van der Waals surface area contributed by atoms with Crippen molar-refractivity contribution in [2.75, 3.05) is 5.33 Å². The topological polar surface area (TPSA) is 102 Å². The molecule has 4 aromatic carbocycles. The number of rotatable bonds is 8. The number of ketones is 2. The van der Waals surface area contributed by atoms with Crippen LogP contribution in [0.4, 0.5) is 0 Å². The number of hydrogen-bond donors (Lipinski definition) is 2. The Labute approximate surface area is 699 Å². The van der Waals surface area contributed by atoms with Crippen LogP contribution in [0.15, 0.2) is 104 Å². The minimum atomic E-state index is -1.81. The van der Waals surface area contributed by atoms with Crippen LogP contribution in [0.3, 0.4) is 0 Å². The number of hydrogen-bond acceptors (Lipinski definition) is 7. The molecule has 0 saturated heterocycles. The first-order valence-electron chi connectivity index (χ1n) is 42.5. The van der Waals surface area contributed by atoms with Crippen molar-refractivity contribution in [3.63, 3.8) is 0 Å². The van der Waals surface area contributed by atoms with Crippen LogP contribution in [0.25, 0.3) is 0 Å². The predicted octanol–water partition coefficient (Wildman–Crippen LogP) is 22.6. The summed E-state index contributed by atoms with van der Waals surface area (Å²) in [6, 6.07) is 26.8. The van der Waals surface area contributed by atoms with Gasteiger partial charge in [0.05, 0.1) is 5.60 Å². The van der Waals surface area contributed by atoms with Crippen LogP contribution in [-0.2, 0) is 35.3 Å². The standard InChI is InChI=1S/C26H39BrOSi.C26H40O2Si.C24H36O2Si.C18H22O2.C2H3.BrH.Mg/c1-25(2,3)29(5,6)28-20-9-11-21-18(17-20)7-10-23-22(21)13-15-26(4)19(14-16-27)8-12-24(23)26;1-8-26(27)16-14-23-22-11-9-18-17-19(28-29(6,7)24(2,3)4)10-12-20(18)21(22)13-15-25(23,26)5;1-23(2,3)27(5,6)26-17-8-10-18-16(15-17)7-9-20-19(18)13-14-24(4)21(20)11-12-22(24)25;1-18-9-8-14-13-5-3-12(19)10-11(13)2-4-15(14)16(18)6-7-17(18)20;1-2;;/h9,11,14,17,22-24H,7-8,10,12-13,15-16H2,1-6H3;8,10,12,17,21-23,27H,1,9,11,13-16H2,2-7H3;8,10,15,19-21H,7,9,11-14H2,1-6H3;3,5,10,14-16,19H,2,4,6-9H2,1H3;1H,2H2;1H;/q;;;;-1;;+2/p-1/b19-14+;;;;;;/t;21?,22?,23?,25?,26-;;;;;/m.0...../s1. The second-order valence-electron chi connectivity index (χ2n) is 41.6. The van der Waals surface area contributed by atoms with Gasteiger partial charge in [-0.3, -0.25) is 16.2 Å². The van der Waals surface area contributed by atoms with Gasteiger partial charge < -0.3 is 47.1 Å². The molecule has 16 rings (SSSR count). The Morgan fingerprint density at radius 1 is 0.459 bits per heavy atom.